The molecule has 110 valence electrons. The second kappa shape index (κ2) is 5.73. The van der Waals surface area contributed by atoms with Crippen molar-refractivity contribution in [3.8, 4) is 16.9 Å². The molecule has 0 fully saturated rings. The lowest BCUT2D eigenvalue weighted by atomic mass is 10.1. The highest BCUT2D eigenvalue weighted by molar-refractivity contribution is 5.92. The number of carbonyl (C=O) groups is 1. The third-order valence-corrected chi connectivity index (χ3v) is 3.32. The van der Waals surface area contributed by atoms with Crippen molar-refractivity contribution in [3.63, 3.8) is 0 Å². The summed E-state index contributed by atoms with van der Waals surface area (Å²) in [6, 6.07) is 17.0. The van der Waals surface area contributed by atoms with E-state index in [0.29, 0.717) is 11.4 Å². The molecule has 0 unspecified atom stereocenters. The number of urea groups is 1. The Kier molecular flexibility index (Phi) is 3.62. The van der Waals surface area contributed by atoms with Gasteiger partial charge in [0.15, 0.2) is 0 Å². The van der Waals surface area contributed by atoms with E-state index >= 15 is 0 Å². The molecule has 2 amide bonds. The number of nitrogens with zero attached hydrogens (tertiary/aromatic N) is 2. The second-order valence-electron chi connectivity index (χ2n) is 5.03. The van der Waals surface area contributed by atoms with Gasteiger partial charge in [0.1, 0.15) is 5.69 Å². The number of aryl methyl sites for hydroxylation is 1. The van der Waals surface area contributed by atoms with E-state index in [-0.39, 0.29) is 0 Å². The number of benzene rings is 2. The predicted octanol–water partition coefficient (Wildman–Crippen LogP) is 3.34. The molecule has 3 aromatic rings. The molecule has 1 heterocycles. The summed E-state index contributed by atoms with van der Waals surface area (Å²) in [5.41, 5.74) is 9.52. The van der Waals surface area contributed by atoms with Gasteiger partial charge in [0, 0.05) is 5.56 Å². The minimum Gasteiger partial charge on any atom is -0.351 e. The van der Waals surface area contributed by atoms with E-state index in [2.05, 4.69) is 10.4 Å². The number of carbonyl (C=O) groups excluding carboxylic acids is 1. The fourth-order valence-electron chi connectivity index (χ4n) is 2.24. The zero-order chi connectivity index (χ0) is 15.5. The molecule has 0 aliphatic rings. The molecule has 0 saturated heterocycles. The summed E-state index contributed by atoms with van der Waals surface area (Å²) in [5, 5.41) is 7.21. The van der Waals surface area contributed by atoms with Crippen LogP contribution in [0, 0.1) is 6.92 Å². The number of primary amides is 1. The van der Waals surface area contributed by atoms with Crippen LogP contribution >= 0.6 is 0 Å². The summed E-state index contributed by atoms with van der Waals surface area (Å²) in [5.74, 6) is 0. The Labute approximate surface area is 128 Å². The number of hydrogen-bond acceptors (Lipinski definition) is 2. The Morgan fingerprint density at radius 1 is 1.09 bits per heavy atom. The number of para-hydroxylation sites is 1. The highest BCUT2D eigenvalue weighted by atomic mass is 16.2. The van der Waals surface area contributed by atoms with E-state index in [0.717, 1.165) is 16.8 Å². The van der Waals surface area contributed by atoms with Gasteiger partial charge in [-0.3, -0.25) is 0 Å². The van der Waals surface area contributed by atoms with Crippen LogP contribution in [0.25, 0.3) is 16.9 Å². The number of nitrogens with two attached hydrogens (primary N) is 1. The lowest BCUT2D eigenvalue weighted by Gasteiger charge is -2.02. The van der Waals surface area contributed by atoms with Crippen LogP contribution in [0.1, 0.15) is 5.56 Å². The molecule has 5 nitrogen and oxygen atoms in total. The van der Waals surface area contributed by atoms with Crippen LogP contribution in [-0.2, 0) is 0 Å². The Hall–Kier alpha value is -3.08. The molecule has 0 aliphatic heterocycles. The van der Waals surface area contributed by atoms with Gasteiger partial charge in [-0.25, -0.2) is 9.48 Å². The molecular formula is C17H16N4O. The van der Waals surface area contributed by atoms with Gasteiger partial charge in [0.25, 0.3) is 0 Å². The average Bonchev–Trinajstić information content (AvgIpc) is 2.92. The van der Waals surface area contributed by atoms with E-state index in [4.69, 9.17) is 5.73 Å². The van der Waals surface area contributed by atoms with E-state index < -0.39 is 6.03 Å². The second-order valence-corrected chi connectivity index (χ2v) is 5.03. The minimum atomic E-state index is -0.610. The molecule has 5 heteroatoms. The van der Waals surface area contributed by atoms with Gasteiger partial charge in [-0.05, 0) is 19.1 Å². The van der Waals surface area contributed by atoms with Crippen molar-refractivity contribution in [2.24, 2.45) is 5.73 Å². The van der Waals surface area contributed by atoms with Gasteiger partial charge >= 0.3 is 6.03 Å². The molecule has 0 spiro atoms. The van der Waals surface area contributed by atoms with Crippen molar-refractivity contribution in [1.82, 2.24) is 9.78 Å². The van der Waals surface area contributed by atoms with Crippen LogP contribution in [0.5, 0.6) is 0 Å². The van der Waals surface area contributed by atoms with E-state index in [9.17, 15) is 4.79 Å². The normalized spacial score (nSPS) is 10.4. The summed E-state index contributed by atoms with van der Waals surface area (Å²) >= 11 is 0. The first-order chi connectivity index (χ1) is 10.6. The Bertz CT molecular complexity index is 791. The number of hydrogen-bond donors (Lipinski definition) is 2. The van der Waals surface area contributed by atoms with E-state index in [1.54, 1.807) is 10.9 Å². The third-order valence-electron chi connectivity index (χ3n) is 3.32. The number of rotatable bonds is 3. The highest BCUT2D eigenvalue weighted by Crippen LogP contribution is 2.28. The fraction of sp³-hybridized carbons (Fsp3) is 0.0588. The summed E-state index contributed by atoms with van der Waals surface area (Å²) < 4.78 is 1.72. The van der Waals surface area contributed by atoms with Crippen molar-refractivity contribution in [2.75, 3.05) is 5.32 Å². The standard InChI is InChI=1S/C17H16N4O/c1-12-7-9-13(10-8-12)16-15(19-17(18)22)11-21(20-16)14-5-3-2-4-6-14/h2-11H,1H3,(H3,18,19,22). The van der Waals surface area contributed by atoms with E-state index in [1.807, 2.05) is 61.5 Å². The van der Waals surface area contributed by atoms with Crippen LogP contribution in [0.3, 0.4) is 0 Å². The number of aromatic nitrogens is 2. The van der Waals surface area contributed by atoms with Crippen molar-refractivity contribution in [2.45, 2.75) is 6.92 Å². The molecule has 3 rings (SSSR count). The Balaban J connectivity index is 2.09. The summed E-state index contributed by atoms with van der Waals surface area (Å²) in [7, 11) is 0. The van der Waals surface area contributed by atoms with Crippen molar-refractivity contribution < 1.29 is 4.79 Å². The zero-order valence-electron chi connectivity index (χ0n) is 12.2. The first kappa shape index (κ1) is 13.9. The average molecular weight is 292 g/mol. The number of anilines is 1. The van der Waals surface area contributed by atoms with Crippen molar-refractivity contribution >= 4 is 11.7 Å². The lowest BCUT2D eigenvalue weighted by Crippen LogP contribution is -2.19. The highest BCUT2D eigenvalue weighted by Gasteiger charge is 2.13. The predicted molar refractivity (Wildman–Crippen MR) is 86.9 cm³/mol. The fourth-order valence-corrected chi connectivity index (χ4v) is 2.24. The molecule has 3 N–H and O–H groups in total. The van der Waals surface area contributed by atoms with Crippen LogP contribution < -0.4 is 11.1 Å². The van der Waals surface area contributed by atoms with Gasteiger partial charge in [-0.15, -0.1) is 0 Å². The zero-order valence-corrected chi connectivity index (χ0v) is 12.2. The lowest BCUT2D eigenvalue weighted by molar-refractivity contribution is 0.259. The SMILES string of the molecule is Cc1ccc(-c2nn(-c3ccccc3)cc2NC(N)=O)cc1. The number of nitrogens with one attached hydrogen (secondary N) is 1. The molecule has 0 saturated carbocycles. The first-order valence-electron chi connectivity index (χ1n) is 6.92. The Morgan fingerprint density at radius 3 is 2.41 bits per heavy atom. The van der Waals surface area contributed by atoms with Crippen LogP contribution in [0.15, 0.2) is 60.8 Å². The molecule has 0 radical (unpaired) electrons. The number of amides is 2. The monoisotopic (exact) mass is 292 g/mol. The molecule has 0 aliphatic carbocycles. The van der Waals surface area contributed by atoms with Crippen LogP contribution in [0.2, 0.25) is 0 Å². The van der Waals surface area contributed by atoms with Gasteiger partial charge in [0.2, 0.25) is 0 Å². The minimum absolute atomic E-state index is 0.584. The van der Waals surface area contributed by atoms with Gasteiger partial charge in [-0.1, -0.05) is 48.0 Å². The van der Waals surface area contributed by atoms with Gasteiger partial charge < -0.3 is 11.1 Å². The Morgan fingerprint density at radius 2 is 1.77 bits per heavy atom. The maximum atomic E-state index is 11.2. The van der Waals surface area contributed by atoms with E-state index in [1.165, 1.54) is 0 Å². The first-order valence-corrected chi connectivity index (χ1v) is 6.92. The maximum Gasteiger partial charge on any atom is 0.316 e. The quantitative estimate of drug-likeness (QED) is 0.777. The topological polar surface area (TPSA) is 72.9 Å². The van der Waals surface area contributed by atoms with Crippen LogP contribution in [0.4, 0.5) is 10.5 Å². The third kappa shape index (κ3) is 2.83. The van der Waals surface area contributed by atoms with Crippen molar-refractivity contribution in [1.29, 1.82) is 0 Å². The maximum absolute atomic E-state index is 11.2. The van der Waals surface area contributed by atoms with Crippen LogP contribution in [-0.4, -0.2) is 15.8 Å². The molecule has 1 aromatic heterocycles. The molecule has 0 bridgehead atoms. The summed E-state index contributed by atoms with van der Waals surface area (Å²) in [6.45, 7) is 2.02. The molecule has 22 heavy (non-hydrogen) atoms. The summed E-state index contributed by atoms with van der Waals surface area (Å²) in [6.07, 6.45) is 1.76. The summed E-state index contributed by atoms with van der Waals surface area (Å²) in [4.78, 5) is 11.2. The van der Waals surface area contributed by atoms with Gasteiger partial charge in [-0.2, -0.15) is 5.10 Å². The van der Waals surface area contributed by atoms with Gasteiger partial charge in [0.05, 0.1) is 17.6 Å². The molecule has 2 aromatic carbocycles. The molecule has 0 atom stereocenters. The smallest absolute Gasteiger partial charge is 0.316 e. The van der Waals surface area contributed by atoms with Crippen molar-refractivity contribution in [3.05, 3.63) is 66.4 Å². The molecular weight excluding hydrogens is 276 g/mol. The largest absolute Gasteiger partial charge is 0.351 e.